The normalized spacial score (nSPS) is 11.8. The highest BCUT2D eigenvalue weighted by molar-refractivity contribution is 5.60. The number of hydrogen-bond acceptors (Lipinski definition) is 4. The van der Waals surface area contributed by atoms with Crippen molar-refractivity contribution in [1.82, 2.24) is 0 Å². The van der Waals surface area contributed by atoms with Crippen molar-refractivity contribution in [3.63, 3.8) is 0 Å². The maximum Gasteiger partial charge on any atom is 0.223 e. The van der Waals surface area contributed by atoms with Crippen LogP contribution in [0.1, 0.15) is 11.1 Å². The van der Waals surface area contributed by atoms with E-state index in [1.54, 1.807) is 24.3 Å². The molecular weight excluding hydrogens is 220 g/mol. The molecule has 1 aliphatic rings. The summed E-state index contributed by atoms with van der Waals surface area (Å²) in [5.74, 6) is 0.566. The third-order valence-corrected chi connectivity index (χ3v) is 2.66. The summed E-state index contributed by atoms with van der Waals surface area (Å²) < 4.78 is 0. The molecule has 0 saturated heterocycles. The van der Waals surface area contributed by atoms with Crippen LogP contribution in [0.25, 0.3) is 0 Å². The molecule has 17 heavy (non-hydrogen) atoms. The van der Waals surface area contributed by atoms with Crippen LogP contribution in [0.15, 0.2) is 36.4 Å². The van der Waals surface area contributed by atoms with Crippen molar-refractivity contribution in [2.45, 2.75) is 6.42 Å². The summed E-state index contributed by atoms with van der Waals surface area (Å²) in [6.07, 6.45) is 0.806. The summed E-state index contributed by atoms with van der Waals surface area (Å²) in [7, 11) is 0. The van der Waals surface area contributed by atoms with Gasteiger partial charge < -0.3 is 10.2 Å². The minimum absolute atomic E-state index is 0.0102. The van der Waals surface area contributed by atoms with Gasteiger partial charge in [0.05, 0.1) is 0 Å². The fraction of sp³-hybridized carbons (Fsp3) is 0.0769. The van der Waals surface area contributed by atoms with E-state index in [-0.39, 0.29) is 17.2 Å². The van der Waals surface area contributed by atoms with Crippen molar-refractivity contribution >= 4 is 0 Å². The van der Waals surface area contributed by atoms with Gasteiger partial charge in [-0.3, -0.25) is 9.78 Å². The molecule has 3 rings (SSSR count). The molecule has 2 N–H and O–H groups in total. The molecular formula is C13H10O4. The van der Waals surface area contributed by atoms with Crippen molar-refractivity contribution in [3.05, 3.63) is 47.5 Å². The van der Waals surface area contributed by atoms with Crippen LogP contribution in [0.3, 0.4) is 0 Å². The van der Waals surface area contributed by atoms with E-state index in [2.05, 4.69) is 0 Å². The number of fused-ring (bicyclic) bond motifs is 1. The fourth-order valence-corrected chi connectivity index (χ4v) is 1.65. The highest BCUT2D eigenvalue weighted by Crippen LogP contribution is 2.43. The molecule has 86 valence electrons. The van der Waals surface area contributed by atoms with Crippen molar-refractivity contribution in [1.29, 1.82) is 0 Å². The van der Waals surface area contributed by atoms with E-state index in [4.69, 9.17) is 9.78 Å². The molecule has 2 aromatic carbocycles. The first-order valence-electron chi connectivity index (χ1n) is 5.22. The molecule has 0 aromatic heterocycles. The molecule has 0 unspecified atom stereocenters. The molecule has 0 radical (unpaired) electrons. The quantitative estimate of drug-likeness (QED) is 0.535. The Kier molecular flexibility index (Phi) is 2.08. The lowest BCUT2D eigenvalue weighted by Crippen LogP contribution is -2.00. The molecule has 1 aliphatic carbocycles. The van der Waals surface area contributed by atoms with Gasteiger partial charge in [-0.05, 0) is 23.8 Å². The first-order chi connectivity index (χ1) is 8.25. The molecule has 4 heteroatoms. The highest BCUT2D eigenvalue weighted by atomic mass is 17.2. The van der Waals surface area contributed by atoms with E-state index in [9.17, 15) is 10.2 Å². The van der Waals surface area contributed by atoms with Crippen LogP contribution in [0, 0.1) is 0 Å². The second-order valence-electron chi connectivity index (χ2n) is 3.86. The van der Waals surface area contributed by atoms with Gasteiger partial charge in [-0.1, -0.05) is 18.2 Å². The first-order valence-corrected chi connectivity index (χ1v) is 5.22. The highest BCUT2D eigenvalue weighted by Gasteiger charge is 2.26. The number of phenols is 2. The molecule has 0 fully saturated rings. The Morgan fingerprint density at radius 3 is 2.53 bits per heavy atom. The Morgan fingerprint density at radius 1 is 0.882 bits per heavy atom. The third-order valence-electron chi connectivity index (χ3n) is 2.66. The largest absolute Gasteiger partial charge is 0.504 e. The number of aromatic hydroxyl groups is 2. The van der Waals surface area contributed by atoms with Gasteiger partial charge in [-0.25, -0.2) is 0 Å². The predicted octanol–water partition coefficient (Wildman–Crippen LogP) is 2.37. The summed E-state index contributed by atoms with van der Waals surface area (Å²) in [6.45, 7) is 0. The maximum absolute atomic E-state index is 9.60. The Bertz CT molecular complexity index is 574. The van der Waals surface area contributed by atoms with Crippen molar-refractivity contribution in [2.24, 2.45) is 0 Å². The second-order valence-corrected chi connectivity index (χ2v) is 3.86. The molecule has 0 aliphatic heterocycles. The topological polar surface area (TPSA) is 58.9 Å². The van der Waals surface area contributed by atoms with Gasteiger partial charge in [0.2, 0.25) is 11.5 Å². The number of phenolic OH excluding ortho intramolecular Hbond substituents is 2. The monoisotopic (exact) mass is 230 g/mol. The van der Waals surface area contributed by atoms with Gasteiger partial charge in [-0.2, -0.15) is 0 Å². The van der Waals surface area contributed by atoms with Crippen molar-refractivity contribution in [3.8, 4) is 23.0 Å². The zero-order valence-corrected chi connectivity index (χ0v) is 8.88. The van der Waals surface area contributed by atoms with E-state index >= 15 is 0 Å². The summed E-state index contributed by atoms with van der Waals surface area (Å²) >= 11 is 0. The molecule has 0 saturated carbocycles. The third kappa shape index (κ3) is 1.73. The molecule has 4 nitrogen and oxygen atoms in total. The van der Waals surface area contributed by atoms with Crippen LogP contribution < -0.4 is 9.78 Å². The summed E-state index contributed by atoms with van der Waals surface area (Å²) in [5, 5.41) is 19.1. The molecule has 0 bridgehead atoms. The van der Waals surface area contributed by atoms with Crippen LogP contribution >= 0.6 is 0 Å². The molecule has 0 amide bonds. The smallest absolute Gasteiger partial charge is 0.223 e. The van der Waals surface area contributed by atoms with Gasteiger partial charge in [-0.15, -0.1) is 0 Å². The van der Waals surface area contributed by atoms with Gasteiger partial charge >= 0.3 is 0 Å². The van der Waals surface area contributed by atoms with Crippen molar-refractivity contribution < 1.29 is 20.0 Å². The zero-order chi connectivity index (χ0) is 11.8. The summed E-state index contributed by atoms with van der Waals surface area (Å²) in [5.41, 5.74) is 2.08. The number of benzene rings is 2. The lowest BCUT2D eigenvalue weighted by Gasteiger charge is -2.07. The van der Waals surface area contributed by atoms with Gasteiger partial charge in [0, 0.05) is 12.0 Å². The SMILES string of the molecule is Oc1ccccc1OOc1c(O)ccc2c1C2. The Morgan fingerprint density at radius 2 is 1.71 bits per heavy atom. The minimum Gasteiger partial charge on any atom is -0.504 e. The van der Waals surface area contributed by atoms with E-state index in [0.717, 1.165) is 17.5 Å². The van der Waals surface area contributed by atoms with Gasteiger partial charge in [0.15, 0.2) is 11.5 Å². The molecule has 0 spiro atoms. The molecule has 2 aromatic rings. The average molecular weight is 230 g/mol. The predicted molar refractivity (Wildman–Crippen MR) is 60.3 cm³/mol. The van der Waals surface area contributed by atoms with Crippen LogP contribution in [0.2, 0.25) is 0 Å². The molecule has 0 heterocycles. The first kappa shape index (κ1) is 9.84. The zero-order valence-electron chi connectivity index (χ0n) is 8.88. The second kappa shape index (κ2) is 3.59. The number of hydrogen-bond donors (Lipinski definition) is 2. The fourth-order valence-electron chi connectivity index (χ4n) is 1.65. The van der Waals surface area contributed by atoms with E-state index < -0.39 is 0 Å². The number of para-hydroxylation sites is 2. The lowest BCUT2D eigenvalue weighted by molar-refractivity contribution is -0.103. The van der Waals surface area contributed by atoms with E-state index in [1.807, 2.05) is 6.07 Å². The summed E-state index contributed by atoms with van der Waals surface area (Å²) in [4.78, 5) is 10.1. The molecule has 0 atom stereocenters. The average Bonchev–Trinajstić information content (AvgIpc) is 3.09. The van der Waals surface area contributed by atoms with Crippen molar-refractivity contribution in [2.75, 3.05) is 0 Å². The van der Waals surface area contributed by atoms with Crippen LogP contribution in [0.4, 0.5) is 0 Å². The lowest BCUT2D eigenvalue weighted by atomic mass is 10.3. The van der Waals surface area contributed by atoms with Crippen LogP contribution in [0.5, 0.6) is 23.0 Å². The van der Waals surface area contributed by atoms with Gasteiger partial charge in [0.25, 0.3) is 0 Å². The Balaban J connectivity index is 1.80. The van der Waals surface area contributed by atoms with Gasteiger partial charge in [0.1, 0.15) is 0 Å². The van der Waals surface area contributed by atoms with Crippen LogP contribution in [-0.2, 0) is 6.42 Å². The van der Waals surface area contributed by atoms with E-state index in [1.165, 1.54) is 6.07 Å². The standard InChI is InChI=1S/C13H10O4/c14-10-3-1-2-4-12(10)16-17-13-9-7-8(9)5-6-11(13)15/h1-6,14-15H,7H2. The minimum atomic E-state index is -0.0102. The number of rotatable bonds is 3. The Labute approximate surface area is 97.6 Å². The summed E-state index contributed by atoms with van der Waals surface area (Å²) in [6, 6.07) is 9.88. The van der Waals surface area contributed by atoms with E-state index in [0.29, 0.717) is 5.75 Å². The maximum atomic E-state index is 9.60. The van der Waals surface area contributed by atoms with Crippen LogP contribution in [-0.4, -0.2) is 10.2 Å². The Hall–Kier alpha value is -2.36.